The highest BCUT2D eigenvalue weighted by Crippen LogP contribution is 2.48. The van der Waals surface area contributed by atoms with Gasteiger partial charge in [-0.3, -0.25) is 0 Å². The molecule has 0 aromatic heterocycles. The fourth-order valence-electron chi connectivity index (χ4n) is 5.96. The number of rotatable bonds is 12. The number of ether oxygens (including phenoxy) is 4. The summed E-state index contributed by atoms with van der Waals surface area (Å²) in [6.45, 7) is 7.10. The number of fused-ring (bicyclic) bond motifs is 9. The quantitative estimate of drug-likeness (QED) is 0.169. The van der Waals surface area contributed by atoms with Crippen LogP contribution in [0.2, 0.25) is 0 Å². The van der Waals surface area contributed by atoms with Crippen LogP contribution in [0.3, 0.4) is 0 Å². The van der Waals surface area contributed by atoms with E-state index in [4.69, 9.17) is 18.9 Å². The Morgan fingerprint density at radius 2 is 1.02 bits per heavy atom. The third-order valence-electron chi connectivity index (χ3n) is 8.11. The molecule has 0 unspecified atom stereocenters. The molecule has 4 aromatic carbocycles. The van der Waals surface area contributed by atoms with Crippen LogP contribution in [-0.4, -0.2) is 13.2 Å². The van der Waals surface area contributed by atoms with Crippen LogP contribution in [0.5, 0.6) is 23.0 Å². The zero-order valence-corrected chi connectivity index (χ0v) is 23.9. The van der Waals surface area contributed by atoms with E-state index in [2.05, 4.69) is 62.4 Å². The van der Waals surface area contributed by atoms with E-state index in [1.807, 2.05) is 12.1 Å². The zero-order valence-electron chi connectivity index (χ0n) is 23.9. The standard InChI is InChI=1S/C36H40O4/c1-3-5-7-9-19-37-27-13-17-33-31(21-27)35-25(23-39-33)11-16-30-29(35)15-12-26-24-40-34-18-14-28(22-32(34)36(26)30)38-20-10-8-6-4-2/h11-18,21-22H,3-10,19-20,23-24H2,1-2H3. The average Bonchev–Trinajstić information content (AvgIpc) is 2.99. The molecule has 0 saturated heterocycles. The van der Waals surface area contributed by atoms with Gasteiger partial charge in [-0.1, -0.05) is 76.6 Å². The molecule has 2 aliphatic rings. The van der Waals surface area contributed by atoms with Crippen LogP contribution in [0.15, 0.2) is 60.7 Å². The van der Waals surface area contributed by atoms with Crippen LogP contribution >= 0.6 is 0 Å². The van der Waals surface area contributed by atoms with E-state index in [0.717, 1.165) is 60.2 Å². The number of hydrogen-bond acceptors (Lipinski definition) is 4. The van der Waals surface area contributed by atoms with Crippen molar-refractivity contribution in [2.24, 2.45) is 0 Å². The van der Waals surface area contributed by atoms with Crippen LogP contribution < -0.4 is 18.9 Å². The molecule has 6 rings (SSSR count). The second-order valence-corrected chi connectivity index (χ2v) is 11.0. The first kappa shape index (κ1) is 26.6. The van der Waals surface area contributed by atoms with E-state index in [-0.39, 0.29) is 0 Å². The zero-order chi connectivity index (χ0) is 27.3. The predicted molar refractivity (Wildman–Crippen MR) is 163 cm³/mol. The van der Waals surface area contributed by atoms with Crippen molar-refractivity contribution in [3.8, 4) is 45.3 Å². The van der Waals surface area contributed by atoms with Crippen LogP contribution in [0.1, 0.15) is 76.3 Å². The summed E-state index contributed by atoms with van der Waals surface area (Å²) in [5.41, 5.74) is 7.11. The van der Waals surface area contributed by atoms with E-state index in [1.54, 1.807) is 0 Å². The molecule has 4 nitrogen and oxygen atoms in total. The largest absolute Gasteiger partial charge is 0.494 e. The van der Waals surface area contributed by atoms with Gasteiger partial charge in [0.2, 0.25) is 0 Å². The van der Waals surface area contributed by atoms with Gasteiger partial charge < -0.3 is 18.9 Å². The lowest BCUT2D eigenvalue weighted by Gasteiger charge is -2.27. The molecule has 0 fully saturated rings. The van der Waals surface area contributed by atoms with Gasteiger partial charge in [0, 0.05) is 11.1 Å². The minimum absolute atomic E-state index is 0.572. The Hall–Kier alpha value is -3.66. The SMILES string of the molecule is CCCCCCOc1ccc2c(c1)-c1c(ccc3c4c(ccc13)COc1ccc(OCCCCCC)cc1-4)CO2. The van der Waals surface area contributed by atoms with Crippen molar-refractivity contribution in [3.05, 3.63) is 71.8 Å². The van der Waals surface area contributed by atoms with Crippen molar-refractivity contribution in [2.75, 3.05) is 13.2 Å². The molecular formula is C36H40O4. The summed E-state index contributed by atoms with van der Waals surface area (Å²) in [6, 6.07) is 21.5. The van der Waals surface area contributed by atoms with Crippen LogP contribution in [-0.2, 0) is 13.2 Å². The van der Waals surface area contributed by atoms with Gasteiger partial charge in [0.1, 0.15) is 36.2 Å². The van der Waals surface area contributed by atoms with Crippen molar-refractivity contribution in [1.82, 2.24) is 0 Å². The fourth-order valence-corrected chi connectivity index (χ4v) is 5.96. The fraction of sp³-hybridized carbons (Fsp3) is 0.389. The molecule has 208 valence electrons. The van der Waals surface area contributed by atoms with E-state index in [0.29, 0.717) is 13.2 Å². The maximum Gasteiger partial charge on any atom is 0.127 e. The molecule has 0 saturated carbocycles. The molecule has 4 aromatic rings. The summed E-state index contributed by atoms with van der Waals surface area (Å²) in [7, 11) is 0. The normalized spacial score (nSPS) is 12.9. The van der Waals surface area contributed by atoms with Crippen LogP contribution in [0.4, 0.5) is 0 Å². The van der Waals surface area contributed by atoms with E-state index >= 15 is 0 Å². The monoisotopic (exact) mass is 536 g/mol. The third kappa shape index (κ3) is 5.37. The Labute approximate surface area is 238 Å². The van der Waals surface area contributed by atoms with Gasteiger partial charge in [-0.25, -0.2) is 0 Å². The highest BCUT2D eigenvalue weighted by atomic mass is 16.5. The van der Waals surface area contributed by atoms with Gasteiger partial charge >= 0.3 is 0 Å². The summed E-state index contributed by atoms with van der Waals surface area (Å²) in [5.74, 6) is 3.64. The Morgan fingerprint density at radius 1 is 0.550 bits per heavy atom. The smallest absolute Gasteiger partial charge is 0.127 e. The van der Waals surface area contributed by atoms with Crippen molar-refractivity contribution in [1.29, 1.82) is 0 Å². The molecular weight excluding hydrogens is 496 g/mol. The summed E-state index contributed by atoms with van der Waals surface area (Å²) >= 11 is 0. The van der Waals surface area contributed by atoms with Gasteiger partial charge in [0.25, 0.3) is 0 Å². The lowest BCUT2D eigenvalue weighted by Crippen LogP contribution is -2.09. The lowest BCUT2D eigenvalue weighted by atomic mass is 9.85. The highest BCUT2D eigenvalue weighted by Gasteiger charge is 2.25. The third-order valence-corrected chi connectivity index (χ3v) is 8.11. The molecule has 4 heteroatoms. The van der Waals surface area contributed by atoms with Crippen molar-refractivity contribution in [2.45, 2.75) is 78.4 Å². The molecule has 0 spiro atoms. The van der Waals surface area contributed by atoms with Crippen molar-refractivity contribution < 1.29 is 18.9 Å². The number of hydrogen-bond donors (Lipinski definition) is 0. The molecule has 0 amide bonds. The van der Waals surface area contributed by atoms with Gasteiger partial charge in [-0.05, 0) is 82.3 Å². The number of unbranched alkanes of at least 4 members (excludes halogenated alkanes) is 6. The molecule has 0 radical (unpaired) electrons. The minimum atomic E-state index is 0.572. The summed E-state index contributed by atoms with van der Waals surface area (Å²) in [5, 5.41) is 2.47. The minimum Gasteiger partial charge on any atom is -0.494 e. The Morgan fingerprint density at radius 3 is 1.48 bits per heavy atom. The lowest BCUT2D eigenvalue weighted by molar-refractivity contribution is 0.294. The molecule has 0 atom stereocenters. The second kappa shape index (κ2) is 12.2. The first-order chi connectivity index (χ1) is 19.8. The molecule has 0 bridgehead atoms. The first-order valence-electron chi connectivity index (χ1n) is 15.1. The average molecular weight is 537 g/mol. The topological polar surface area (TPSA) is 36.9 Å². The van der Waals surface area contributed by atoms with Gasteiger partial charge in [-0.2, -0.15) is 0 Å². The maximum absolute atomic E-state index is 6.17. The van der Waals surface area contributed by atoms with E-state index in [1.165, 1.54) is 71.6 Å². The molecule has 0 aliphatic carbocycles. The summed E-state index contributed by atoms with van der Waals surface area (Å²) in [6.07, 6.45) is 9.55. The van der Waals surface area contributed by atoms with Crippen molar-refractivity contribution in [3.63, 3.8) is 0 Å². The number of benzene rings is 4. The predicted octanol–water partition coefficient (Wildman–Crippen LogP) is 9.88. The van der Waals surface area contributed by atoms with Gasteiger partial charge in [0.15, 0.2) is 0 Å². The molecule has 2 heterocycles. The Kier molecular flexibility index (Phi) is 8.13. The van der Waals surface area contributed by atoms with E-state index in [9.17, 15) is 0 Å². The van der Waals surface area contributed by atoms with Crippen LogP contribution in [0, 0.1) is 0 Å². The highest BCUT2D eigenvalue weighted by molar-refractivity contribution is 6.08. The maximum atomic E-state index is 6.17. The Bertz CT molecular complexity index is 1380. The molecule has 2 aliphatic heterocycles. The summed E-state index contributed by atoms with van der Waals surface area (Å²) in [4.78, 5) is 0. The summed E-state index contributed by atoms with van der Waals surface area (Å²) < 4.78 is 24.7. The van der Waals surface area contributed by atoms with E-state index < -0.39 is 0 Å². The van der Waals surface area contributed by atoms with Gasteiger partial charge in [-0.15, -0.1) is 0 Å². The molecule has 0 N–H and O–H groups in total. The van der Waals surface area contributed by atoms with Gasteiger partial charge in [0.05, 0.1) is 13.2 Å². The first-order valence-corrected chi connectivity index (χ1v) is 15.1. The Balaban J connectivity index is 1.35. The second-order valence-electron chi connectivity index (χ2n) is 11.0. The molecule has 40 heavy (non-hydrogen) atoms. The van der Waals surface area contributed by atoms with Crippen molar-refractivity contribution >= 4 is 10.8 Å². The van der Waals surface area contributed by atoms with Crippen LogP contribution in [0.25, 0.3) is 33.0 Å².